The van der Waals surface area contributed by atoms with Crippen LogP contribution < -0.4 is 0 Å². The van der Waals surface area contributed by atoms with Crippen LogP contribution in [-0.2, 0) is 12.6 Å². The van der Waals surface area contributed by atoms with E-state index >= 15 is 0 Å². The van der Waals surface area contributed by atoms with E-state index in [2.05, 4.69) is 10.2 Å². The predicted octanol–water partition coefficient (Wildman–Crippen LogP) is 4.56. The summed E-state index contributed by atoms with van der Waals surface area (Å²) >= 11 is 0. The lowest BCUT2D eigenvalue weighted by Crippen LogP contribution is -2.11. The highest BCUT2D eigenvalue weighted by Gasteiger charge is 2.57. The molecule has 4 rings (SSSR count). The van der Waals surface area contributed by atoms with Crippen LogP contribution in [0.25, 0.3) is 16.8 Å². The molecule has 146 valence electrons. The molecule has 0 radical (unpaired) electrons. The van der Waals surface area contributed by atoms with Crippen molar-refractivity contribution < 1.29 is 31.1 Å². The summed E-state index contributed by atoms with van der Waals surface area (Å²) in [6.45, 7) is 0. The molecule has 1 saturated carbocycles. The van der Waals surface area contributed by atoms with E-state index in [1.165, 1.54) is 12.3 Å². The lowest BCUT2D eigenvalue weighted by atomic mass is 9.99. The number of hydrogen-bond donors (Lipinski definition) is 0. The van der Waals surface area contributed by atoms with Gasteiger partial charge < -0.3 is 0 Å². The Morgan fingerprint density at radius 2 is 1.89 bits per heavy atom. The summed E-state index contributed by atoms with van der Waals surface area (Å²) in [5.41, 5.74) is -2.69. The van der Waals surface area contributed by atoms with Crippen LogP contribution in [0.15, 0.2) is 30.5 Å². The number of benzene rings is 1. The van der Waals surface area contributed by atoms with Crippen LogP contribution in [0.4, 0.5) is 26.3 Å². The number of fused-ring (bicyclic) bond motifs is 1. The van der Waals surface area contributed by atoms with Crippen molar-refractivity contribution >= 4 is 11.9 Å². The summed E-state index contributed by atoms with van der Waals surface area (Å²) in [5, 5.41) is 7.17. The van der Waals surface area contributed by atoms with Crippen molar-refractivity contribution in [1.82, 2.24) is 14.6 Å². The topological polar surface area (TPSA) is 47.3 Å². The van der Waals surface area contributed by atoms with Crippen LogP contribution >= 0.6 is 0 Å². The van der Waals surface area contributed by atoms with Gasteiger partial charge in [-0.15, -0.1) is 10.2 Å². The van der Waals surface area contributed by atoms with E-state index < -0.39 is 40.6 Å². The number of nitrogens with zero attached hydrogens (tertiary/aromatic N) is 3. The van der Waals surface area contributed by atoms with Crippen molar-refractivity contribution in [2.45, 2.75) is 24.9 Å². The number of aromatic nitrogens is 3. The minimum Gasteiger partial charge on any atom is -0.298 e. The zero-order valence-electron chi connectivity index (χ0n) is 14.0. The summed E-state index contributed by atoms with van der Waals surface area (Å²) in [4.78, 5) is 10.7. The van der Waals surface area contributed by atoms with Crippen LogP contribution in [-0.4, -0.2) is 26.8 Å². The van der Waals surface area contributed by atoms with Gasteiger partial charge in [0, 0.05) is 41.6 Å². The van der Waals surface area contributed by atoms with Gasteiger partial charge in [-0.2, -0.15) is 13.2 Å². The van der Waals surface area contributed by atoms with Gasteiger partial charge in [-0.25, -0.2) is 13.2 Å². The van der Waals surface area contributed by atoms with Crippen molar-refractivity contribution in [3.63, 3.8) is 0 Å². The average Bonchev–Trinajstić information content (AvgIpc) is 3.02. The van der Waals surface area contributed by atoms with Gasteiger partial charge in [-0.1, -0.05) is 12.1 Å². The summed E-state index contributed by atoms with van der Waals surface area (Å²) in [5.74, 6) is -4.85. The maximum atomic E-state index is 14.3. The lowest BCUT2D eigenvalue weighted by Gasteiger charge is -2.15. The molecule has 1 aromatic carbocycles. The highest BCUT2D eigenvalue weighted by Crippen LogP contribution is 2.50. The number of alkyl halides is 5. The number of carbonyl (C=O) groups excluding carboxylic acids is 1. The zero-order valence-corrected chi connectivity index (χ0v) is 14.0. The summed E-state index contributed by atoms with van der Waals surface area (Å²) in [7, 11) is 0. The molecule has 0 spiro atoms. The van der Waals surface area contributed by atoms with Gasteiger partial charge in [-0.05, 0) is 12.1 Å². The molecule has 1 aliphatic rings. The second-order valence-electron chi connectivity index (χ2n) is 6.64. The van der Waals surface area contributed by atoms with Gasteiger partial charge >= 0.3 is 6.18 Å². The molecule has 2 aromatic heterocycles. The quantitative estimate of drug-likeness (QED) is 0.477. The molecule has 0 saturated heterocycles. The Hall–Kier alpha value is -2.91. The molecule has 28 heavy (non-hydrogen) atoms. The fourth-order valence-electron chi connectivity index (χ4n) is 3.18. The first kappa shape index (κ1) is 18.5. The SMILES string of the molecule is O=Cc1ccc(-c2ccn3c(CC4CC4(F)F)nnc3c2C(F)(F)F)c(F)c1. The summed E-state index contributed by atoms with van der Waals surface area (Å²) in [6.07, 6.45) is -3.89. The molecular formula is C18H11F6N3O. The van der Waals surface area contributed by atoms with Crippen molar-refractivity contribution in [2.24, 2.45) is 5.92 Å². The Labute approximate surface area is 153 Å². The van der Waals surface area contributed by atoms with Gasteiger partial charge in [0.15, 0.2) is 5.65 Å². The zero-order chi connectivity index (χ0) is 20.3. The monoisotopic (exact) mass is 399 g/mol. The number of hydrogen-bond acceptors (Lipinski definition) is 3. The number of carbonyl (C=O) groups is 1. The maximum Gasteiger partial charge on any atom is 0.420 e. The second-order valence-corrected chi connectivity index (χ2v) is 6.64. The molecule has 3 aromatic rings. The average molecular weight is 399 g/mol. The van der Waals surface area contributed by atoms with E-state index in [4.69, 9.17) is 0 Å². The summed E-state index contributed by atoms with van der Waals surface area (Å²) < 4.78 is 82.9. The molecule has 0 amide bonds. The van der Waals surface area contributed by atoms with E-state index in [0.29, 0.717) is 6.29 Å². The lowest BCUT2D eigenvalue weighted by molar-refractivity contribution is -0.136. The molecule has 0 aliphatic heterocycles. The molecule has 1 unspecified atom stereocenters. The van der Waals surface area contributed by atoms with Gasteiger partial charge in [0.2, 0.25) is 0 Å². The fourth-order valence-corrected chi connectivity index (χ4v) is 3.18. The van der Waals surface area contributed by atoms with Gasteiger partial charge in [-0.3, -0.25) is 9.20 Å². The molecule has 1 fully saturated rings. The molecule has 4 nitrogen and oxygen atoms in total. The Morgan fingerprint density at radius 3 is 2.46 bits per heavy atom. The third kappa shape index (κ3) is 3.02. The second kappa shape index (κ2) is 6.05. The third-order valence-electron chi connectivity index (χ3n) is 4.74. The van der Waals surface area contributed by atoms with E-state index in [9.17, 15) is 31.1 Å². The Morgan fingerprint density at radius 1 is 1.18 bits per heavy atom. The molecular weight excluding hydrogens is 388 g/mol. The number of halogens is 6. The van der Waals surface area contributed by atoms with Crippen molar-refractivity contribution in [3.05, 3.63) is 53.2 Å². The van der Waals surface area contributed by atoms with E-state index in [-0.39, 0.29) is 29.8 Å². The van der Waals surface area contributed by atoms with Crippen LogP contribution in [0.1, 0.15) is 28.2 Å². The molecule has 0 bridgehead atoms. The minimum atomic E-state index is -4.90. The Balaban J connectivity index is 1.87. The highest BCUT2D eigenvalue weighted by molar-refractivity contribution is 5.79. The normalized spacial score (nSPS) is 18.4. The molecule has 10 heteroatoms. The first-order chi connectivity index (χ1) is 13.1. The van der Waals surface area contributed by atoms with E-state index in [0.717, 1.165) is 22.6 Å². The largest absolute Gasteiger partial charge is 0.420 e. The Kier molecular flexibility index (Phi) is 3.98. The van der Waals surface area contributed by atoms with E-state index in [1.54, 1.807) is 0 Å². The van der Waals surface area contributed by atoms with Crippen LogP contribution in [0.3, 0.4) is 0 Å². The highest BCUT2D eigenvalue weighted by atomic mass is 19.4. The van der Waals surface area contributed by atoms with Gasteiger partial charge in [0.1, 0.15) is 23.5 Å². The maximum absolute atomic E-state index is 14.3. The van der Waals surface area contributed by atoms with Crippen LogP contribution in [0, 0.1) is 11.7 Å². The van der Waals surface area contributed by atoms with Crippen molar-refractivity contribution in [1.29, 1.82) is 0 Å². The number of aldehydes is 1. The molecule has 0 N–H and O–H groups in total. The molecule has 1 atom stereocenters. The fraction of sp³-hybridized carbons (Fsp3) is 0.278. The molecule has 1 aliphatic carbocycles. The van der Waals surface area contributed by atoms with Gasteiger partial charge in [0.25, 0.3) is 5.92 Å². The van der Waals surface area contributed by atoms with E-state index in [1.807, 2.05) is 0 Å². The third-order valence-corrected chi connectivity index (χ3v) is 4.74. The minimum absolute atomic E-state index is 0.0222. The Bertz CT molecular complexity index is 1090. The number of rotatable bonds is 4. The molecule has 2 heterocycles. The van der Waals surface area contributed by atoms with Gasteiger partial charge in [0.05, 0.1) is 0 Å². The smallest absolute Gasteiger partial charge is 0.298 e. The first-order valence-corrected chi connectivity index (χ1v) is 8.18. The van der Waals surface area contributed by atoms with Crippen LogP contribution in [0.5, 0.6) is 0 Å². The number of pyridine rings is 1. The van der Waals surface area contributed by atoms with Crippen LogP contribution in [0.2, 0.25) is 0 Å². The predicted molar refractivity (Wildman–Crippen MR) is 85.5 cm³/mol. The van der Waals surface area contributed by atoms with Crippen molar-refractivity contribution in [2.75, 3.05) is 0 Å². The standard InChI is InChI=1S/C18H11F6N3O/c19-13-5-9(8-28)1-2-11(13)12-3-4-27-14(6-10-7-17(10,20)21)25-26-16(27)15(12)18(22,23)24/h1-5,8,10H,6-7H2. The first-order valence-electron chi connectivity index (χ1n) is 8.18. The summed E-state index contributed by atoms with van der Waals surface area (Å²) in [6, 6.07) is 4.13. The van der Waals surface area contributed by atoms with Crippen molar-refractivity contribution in [3.8, 4) is 11.1 Å².